The number of carbonyl (C=O) groups excluding carboxylic acids is 6. The highest BCUT2D eigenvalue weighted by molar-refractivity contribution is 5.92. The molecule has 2 aliphatic rings. The molecule has 1 heterocycles. The minimum Gasteiger partial charge on any atom is -0.461 e. The van der Waals surface area contributed by atoms with E-state index < -0.39 is 107 Å². The summed E-state index contributed by atoms with van der Waals surface area (Å²) in [5.74, 6) is -8.95. The SMILES string of the molecule is C=C1[C@H](OC(=O)C(C)C)[C@@H](OC(=O)C(C)C)[C@@H](OC(=O)c2cccnc2)C(C)(C)C=C[C@@H](C)C(=O)[C@@]2(O)C[C@H](C)[C@H](OC(=O)CC)[C@@H]2[C@H]1OC(C)=O. The first kappa shape index (κ1) is 42.0. The largest absolute Gasteiger partial charge is 0.461 e. The number of hydrogen-bond acceptors (Lipinski definition) is 13. The van der Waals surface area contributed by atoms with E-state index in [0.29, 0.717) is 0 Å². The van der Waals surface area contributed by atoms with Crippen LogP contribution >= 0.6 is 0 Å². The van der Waals surface area contributed by atoms with Crippen LogP contribution in [-0.2, 0) is 47.7 Å². The molecule has 2 aliphatic carbocycles. The highest BCUT2D eigenvalue weighted by atomic mass is 16.6. The number of ether oxygens (including phenoxy) is 5. The van der Waals surface area contributed by atoms with Gasteiger partial charge in [-0.3, -0.25) is 29.0 Å². The summed E-state index contributed by atoms with van der Waals surface area (Å²) in [5.41, 5.74) is -3.64. The van der Waals surface area contributed by atoms with Gasteiger partial charge in [-0.15, -0.1) is 0 Å². The van der Waals surface area contributed by atoms with Gasteiger partial charge in [-0.25, -0.2) is 4.79 Å². The molecule has 0 saturated heterocycles. The summed E-state index contributed by atoms with van der Waals surface area (Å²) in [5, 5.41) is 12.5. The molecule has 286 valence electrons. The van der Waals surface area contributed by atoms with Gasteiger partial charge >= 0.3 is 29.8 Å². The lowest BCUT2D eigenvalue weighted by atomic mass is 9.72. The fourth-order valence-electron chi connectivity index (χ4n) is 6.65. The summed E-state index contributed by atoms with van der Waals surface area (Å²) in [7, 11) is 0. The minimum absolute atomic E-state index is 0.0262. The van der Waals surface area contributed by atoms with Crippen LogP contribution < -0.4 is 0 Å². The molecule has 0 bridgehead atoms. The normalized spacial score (nSPS) is 30.4. The van der Waals surface area contributed by atoms with E-state index in [0.717, 1.165) is 6.92 Å². The zero-order valence-corrected chi connectivity index (χ0v) is 31.7. The van der Waals surface area contributed by atoms with Gasteiger partial charge in [0, 0.05) is 42.6 Å². The molecule has 1 saturated carbocycles. The van der Waals surface area contributed by atoms with Gasteiger partial charge in [0.25, 0.3) is 0 Å². The van der Waals surface area contributed by atoms with Gasteiger partial charge in [0.15, 0.2) is 24.1 Å². The van der Waals surface area contributed by atoms with Crippen molar-refractivity contribution in [1.82, 2.24) is 4.98 Å². The number of hydrogen-bond donors (Lipinski definition) is 1. The third-order valence-electron chi connectivity index (χ3n) is 9.56. The molecule has 1 fully saturated rings. The van der Waals surface area contributed by atoms with E-state index in [1.165, 1.54) is 30.6 Å². The van der Waals surface area contributed by atoms with Crippen molar-refractivity contribution in [3.05, 3.63) is 54.4 Å². The summed E-state index contributed by atoms with van der Waals surface area (Å²) < 4.78 is 30.0. The molecule has 52 heavy (non-hydrogen) atoms. The first-order valence-electron chi connectivity index (χ1n) is 17.7. The van der Waals surface area contributed by atoms with E-state index in [4.69, 9.17) is 23.7 Å². The van der Waals surface area contributed by atoms with Crippen LogP contribution in [0.4, 0.5) is 0 Å². The van der Waals surface area contributed by atoms with Crippen molar-refractivity contribution in [1.29, 1.82) is 0 Å². The van der Waals surface area contributed by atoms with E-state index >= 15 is 0 Å². The van der Waals surface area contributed by atoms with Crippen LogP contribution in [0.5, 0.6) is 0 Å². The Kier molecular flexibility index (Phi) is 13.7. The number of aromatic nitrogens is 1. The quantitative estimate of drug-likeness (QED) is 0.209. The summed E-state index contributed by atoms with van der Waals surface area (Å²) in [6.45, 7) is 19.8. The monoisotopic (exact) mass is 727 g/mol. The molecule has 1 N–H and O–H groups in total. The molecule has 13 heteroatoms. The van der Waals surface area contributed by atoms with Crippen molar-refractivity contribution in [2.75, 3.05) is 0 Å². The second-order valence-corrected chi connectivity index (χ2v) is 15.0. The molecule has 0 amide bonds. The smallest absolute Gasteiger partial charge is 0.340 e. The van der Waals surface area contributed by atoms with Gasteiger partial charge < -0.3 is 28.8 Å². The molecule has 1 aromatic rings. The zero-order valence-electron chi connectivity index (χ0n) is 31.7. The third kappa shape index (κ3) is 9.33. The Balaban J connectivity index is 2.46. The molecular weight excluding hydrogens is 674 g/mol. The average molecular weight is 728 g/mol. The molecular formula is C39H53NO12. The first-order chi connectivity index (χ1) is 24.2. The maximum Gasteiger partial charge on any atom is 0.340 e. The van der Waals surface area contributed by atoms with Crippen LogP contribution in [0.25, 0.3) is 0 Å². The van der Waals surface area contributed by atoms with Gasteiger partial charge in [0.05, 0.1) is 23.3 Å². The lowest BCUT2D eigenvalue weighted by Gasteiger charge is -2.44. The third-order valence-corrected chi connectivity index (χ3v) is 9.56. The van der Waals surface area contributed by atoms with E-state index in [-0.39, 0.29) is 24.0 Å². The molecule has 0 spiro atoms. The van der Waals surface area contributed by atoms with Crippen LogP contribution in [-0.4, -0.2) is 81.8 Å². The van der Waals surface area contributed by atoms with Gasteiger partial charge in [-0.2, -0.15) is 0 Å². The zero-order chi connectivity index (χ0) is 39.3. The predicted molar refractivity (Wildman–Crippen MR) is 187 cm³/mol. The Morgan fingerprint density at radius 1 is 0.942 bits per heavy atom. The van der Waals surface area contributed by atoms with Crippen LogP contribution in [0.2, 0.25) is 0 Å². The fourth-order valence-corrected chi connectivity index (χ4v) is 6.65. The van der Waals surface area contributed by atoms with Crippen molar-refractivity contribution < 1.29 is 57.6 Å². The van der Waals surface area contributed by atoms with Crippen LogP contribution in [0.1, 0.15) is 92.4 Å². The number of Topliss-reactive ketones (excluding diaryl/α,β-unsaturated/α-hetero) is 1. The lowest BCUT2D eigenvalue weighted by Crippen LogP contribution is -2.58. The van der Waals surface area contributed by atoms with Crippen LogP contribution in [0.15, 0.2) is 48.8 Å². The standard InChI is InChI=1S/C39H53NO12/c1-12-27(42)49-29-23(7)18-39(47)28(29)30(48-25(9)41)24(8)31(50-35(44)20(2)3)32(51-36(45)21(4)5)34(38(10,11)16-15-22(6)33(39)43)52-37(46)26-14-13-17-40-19-26/h13-17,19-23,28-32,34,47H,8,12,18H2,1-7,9-11H3/t22-,23+,28-,29+,30+,31+,32-,34-,39-/m1/s1. The summed E-state index contributed by atoms with van der Waals surface area (Å²) in [6.07, 6.45) is -1.87. The topological polar surface area (TPSA) is 182 Å². The Labute approximate surface area is 305 Å². The molecule has 0 aromatic carbocycles. The highest BCUT2D eigenvalue weighted by Crippen LogP contribution is 2.49. The maximum atomic E-state index is 14.4. The number of carbonyl (C=O) groups is 6. The van der Waals surface area contributed by atoms with Crippen molar-refractivity contribution in [2.45, 2.75) is 118 Å². The molecule has 3 rings (SSSR count). The Bertz CT molecular complexity index is 1550. The average Bonchev–Trinajstić information content (AvgIpc) is 3.33. The van der Waals surface area contributed by atoms with Gasteiger partial charge in [0.2, 0.25) is 0 Å². The van der Waals surface area contributed by atoms with Crippen molar-refractivity contribution in [2.24, 2.45) is 35.0 Å². The molecule has 9 atom stereocenters. The lowest BCUT2D eigenvalue weighted by molar-refractivity contribution is -0.188. The fraction of sp³-hybridized carbons (Fsp3) is 0.615. The number of fused-ring (bicyclic) bond motifs is 1. The molecule has 0 unspecified atom stereocenters. The van der Waals surface area contributed by atoms with Gasteiger partial charge in [-0.1, -0.05) is 81.0 Å². The Morgan fingerprint density at radius 3 is 2.10 bits per heavy atom. The second kappa shape index (κ2) is 17.0. The van der Waals surface area contributed by atoms with E-state index in [2.05, 4.69) is 11.6 Å². The second-order valence-electron chi connectivity index (χ2n) is 15.0. The molecule has 13 nitrogen and oxygen atoms in total. The molecule has 0 aliphatic heterocycles. The Hall–Kier alpha value is -4.39. The number of rotatable bonds is 9. The number of esters is 5. The summed E-state index contributed by atoms with van der Waals surface area (Å²) in [6, 6.07) is 3.02. The van der Waals surface area contributed by atoms with E-state index in [1.54, 1.807) is 68.4 Å². The number of aliphatic hydroxyl groups is 1. The number of allylic oxidation sites excluding steroid dienone is 1. The van der Waals surface area contributed by atoms with Crippen molar-refractivity contribution in [3.8, 4) is 0 Å². The van der Waals surface area contributed by atoms with E-state index in [1.807, 2.05) is 0 Å². The predicted octanol–water partition coefficient (Wildman–Crippen LogP) is 4.74. The van der Waals surface area contributed by atoms with Crippen molar-refractivity contribution >= 4 is 35.6 Å². The van der Waals surface area contributed by atoms with Crippen molar-refractivity contribution in [3.63, 3.8) is 0 Å². The minimum atomic E-state index is -2.24. The van der Waals surface area contributed by atoms with E-state index in [9.17, 15) is 33.9 Å². The Morgan fingerprint density at radius 2 is 1.56 bits per heavy atom. The van der Waals surface area contributed by atoms with Crippen LogP contribution in [0.3, 0.4) is 0 Å². The summed E-state index contributed by atoms with van der Waals surface area (Å²) in [4.78, 5) is 84.8. The van der Waals surface area contributed by atoms with Gasteiger partial charge in [0.1, 0.15) is 17.8 Å². The molecule has 0 radical (unpaired) electrons. The number of ketones is 1. The van der Waals surface area contributed by atoms with Gasteiger partial charge in [-0.05, 0) is 24.5 Å². The number of nitrogens with zero attached hydrogens (tertiary/aromatic N) is 1. The number of pyridine rings is 1. The molecule has 1 aromatic heterocycles. The maximum absolute atomic E-state index is 14.4. The highest BCUT2D eigenvalue weighted by Gasteiger charge is 2.63. The van der Waals surface area contributed by atoms with Crippen LogP contribution in [0, 0.1) is 35.0 Å². The first-order valence-corrected chi connectivity index (χ1v) is 17.7. The summed E-state index contributed by atoms with van der Waals surface area (Å²) >= 11 is 0.